The molecule has 0 aromatic carbocycles. The number of nitrogens with one attached hydrogen (secondary N) is 1. The Kier molecular flexibility index (Phi) is 4.73. The van der Waals surface area contributed by atoms with E-state index in [9.17, 15) is 8.42 Å². The summed E-state index contributed by atoms with van der Waals surface area (Å²) in [6, 6.07) is 0. The van der Waals surface area contributed by atoms with Crippen molar-refractivity contribution in [3.8, 4) is 0 Å². The number of hydrogen-bond acceptors (Lipinski definition) is 6. The summed E-state index contributed by atoms with van der Waals surface area (Å²) in [7, 11) is 0.267. The smallest absolute Gasteiger partial charge is 0.211 e. The van der Waals surface area contributed by atoms with Crippen LogP contribution in [0.4, 0.5) is 5.82 Å². The molecular formula is C15H24N6O2S. The molecule has 3 rings (SSSR count). The van der Waals surface area contributed by atoms with Crippen molar-refractivity contribution in [2.45, 2.75) is 31.6 Å². The van der Waals surface area contributed by atoms with E-state index < -0.39 is 10.0 Å². The van der Waals surface area contributed by atoms with Crippen LogP contribution in [0.5, 0.6) is 0 Å². The van der Waals surface area contributed by atoms with Gasteiger partial charge in [0.1, 0.15) is 11.6 Å². The Balaban J connectivity index is 1.83. The minimum atomic E-state index is -3.17. The number of likely N-dealkylation sites (N-methyl/N-ethyl adjacent to an activating group) is 1. The van der Waals surface area contributed by atoms with E-state index in [2.05, 4.69) is 10.4 Å². The van der Waals surface area contributed by atoms with Gasteiger partial charge in [0.15, 0.2) is 5.65 Å². The normalized spacial score (nSPS) is 16.3. The number of rotatable bonds is 6. The van der Waals surface area contributed by atoms with Crippen molar-refractivity contribution >= 4 is 26.9 Å². The van der Waals surface area contributed by atoms with E-state index in [0.29, 0.717) is 19.0 Å². The Hall–Kier alpha value is -1.74. The summed E-state index contributed by atoms with van der Waals surface area (Å²) in [5.41, 5.74) is 0.811. The summed E-state index contributed by atoms with van der Waals surface area (Å²) in [6.07, 6.45) is 7.64. The van der Waals surface area contributed by atoms with E-state index in [0.717, 1.165) is 35.5 Å². The highest BCUT2D eigenvalue weighted by molar-refractivity contribution is 7.88. The molecule has 1 saturated carbocycles. The number of nitrogens with zero attached hydrogens (tertiary/aromatic N) is 5. The van der Waals surface area contributed by atoms with Gasteiger partial charge in [0.25, 0.3) is 0 Å². The number of fused-ring (bicyclic) bond motifs is 1. The molecule has 8 nitrogen and oxygen atoms in total. The molecule has 0 atom stereocenters. The molecule has 24 heavy (non-hydrogen) atoms. The summed E-state index contributed by atoms with van der Waals surface area (Å²) < 4.78 is 26.0. The predicted octanol–water partition coefficient (Wildman–Crippen LogP) is 1.32. The molecule has 2 aromatic rings. The Bertz CT molecular complexity index is 826. The second-order valence-electron chi connectivity index (χ2n) is 6.43. The zero-order valence-corrected chi connectivity index (χ0v) is 15.2. The van der Waals surface area contributed by atoms with Gasteiger partial charge in [0.05, 0.1) is 17.8 Å². The molecule has 1 aliphatic rings. The van der Waals surface area contributed by atoms with E-state index in [1.165, 1.54) is 23.4 Å². The number of aromatic nitrogens is 4. The zero-order chi connectivity index (χ0) is 17.3. The zero-order valence-electron chi connectivity index (χ0n) is 14.4. The first-order valence-corrected chi connectivity index (χ1v) is 10.1. The molecule has 1 aliphatic carbocycles. The average Bonchev–Trinajstić information content (AvgIpc) is 3.16. The third-order valence-electron chi connectivity index (χ3n) is 4.62. The van der Waals surface area contributed by atoms with Crippen LogP contribution in [-0.2, 0) is 17.1 Å². The largest absolute Gasteiger partial charge is 0.368 e. The Morgan fingerprint density at radius 2 is 2.04 bits per heavy atom. The molecule has 1 N–H and O–H groups in total. The second kappa shape index (κ2) is 6.64. The monoisotopic (exact) mass is 352 g/mol. The maximum atomic E-state index is 11.5. The predicted molar refractivity (Wildman–Crippen MR) is 93.5 cm³/mol. The van der Waals surface area contributed by atoms with E-state index in [4.69, 9.17) is 9.97 Å². The third kappa shape index (κ3) is 3.51. The fourth-order valence-corrected chi connectivity index (χ4v) is 3.46. The molecule has 9 heteroatoms. The lowest BCUT2D eigenvalue weighted by Crippen LogP contribution is -2.30. The van der Waals surface area contributed by atoms with E-state index in [1.807, 2.05) is 7.05 Å². The van der Waals surface area contributed by atoms with Crippen LogP contribution in [0.25, 0.3) is 11.0 Å². The van der Waals surface area contributed by atoms with Gasteiger partial charge >= 0.3 is 0 Å². The molecule has 2 heterocycles. The highest BCUT2D eigenvalue weighted by Crippen LogP contribution is 2.33. The molecule has 0 aliphatic heterocycles. The van der Waals surface area contributed by atoms with Gasteiger partial charge in [0.2, 0.25) is 10.0 Å². The van der Waals surface area contributed by atoms with Crippen LogP contribution in [-0.4, -0.2) is 58.9 Å². The summed E-state index contributed by atoms with van der Waals surface area (Å²) in [5, 5.41) is 8.39. The molecule has 0 amide bonds. The van der Waals surface area contributed by atoms with Crippen LogP contribution >= 0.6 is 0 Å². The van der Waals surface area contributed by atoms with E-state index >= 15 is 0 Å². The van der Waals surface area contributed by atoms with Gasteiger partial charge in [-0.3, -0.25) is 4.68 Å². The third-order valence-corrected chi connectivity index (χ3v) is 5.93. The Morgan fingerprint density at radius 3 is 2.71 bits per heavy atom. The lowest BCUT2D eigenvalue weighted by Gasteiger charge is -2.16. The number of anilines is 1. The molecule has 0 unspecified atom stereocenters. The van der Waals surface area contributed by atoms with Crippen molar-refractivity contribution in [1.82, 2.24) is 24.1 Å². The summed E-state index contributed by atoms with van der Waals surface area (Å²) in [6.45, 7) is 0.859. The van der Waals surface area contributed by atoms with Crippen LogP contribution in [0.1, 0.15) is 37.4 Å². The van der Waals surface area contributed by atoms with Gasteiger partial charge in [-0.15, -0.1) is 0 Å². The Morgan fingerprint density at radius 1 is 1.33 bits per heavy atom. The highest BCUT2D eigenvalue weighted by atomic mass is 32.2. The fraction of sp³-hybridized carbons (Fsp3) is 0.667. The van der Waals surface area contributed by atoms with Gasteiger partial charge < -0.3 is 5.32 Å². The minimum absolute atomic E-state index is 0.378. The Labute approximate surface area is 142 Å². The minimum Gasteiger partial charge on any atom is -0.368 e. The molecule has 2 aromatic heterocycles. The van der Waals surface area contributed by atoms with E-state index in [1.54, 1.807) is 17.9 Å². The molecule has 0 radical (unpaired) electrons. The molecular weight excluding hydrogens is 328 g/mol. The first-order chi connectivity index (χ1) is 11.4. The van der Waals surface area contributed by atoms with Gasteiger partial charge in [-0.2, -0.15) is 5.10 Å². The van der Waals surface area contributed by atoms with Crippen molar-refractivity contribution in [3.63, 3.8) is 0 Å². The van der Waals surface area contributed by atoms with Crippen LogP contribution < -0.4 is 5.32 Å². The lowest BCUT2D eigenvalue weighted by molar-refractivity contribution is 0.486. The maximum absolute atomic E-state index is 11.5. The van der Waals surface area contributed by atoms with E-state index in [-0.39, 0.29) is 0 Å². The highest BCUT2D eigenvalue weighted by Gasteiger charge is 2.22. The van der Waals surface area contributed by atoms with Crippen molar-refractivity contribution in [2.75, 3.05) is 31.7 Å². The second-order valence-corrected chi connectivity index (χ2v) is 8.52. The SMILES string of the molecule is CN(CCNc1nc(C2CCCC2)nc2c1cnn2C)S(C)(=O)=O. The molecule has 0 bridgehead atoms. The van der Waals surface area contributed by atoms with Crippen LogP contribution in [0.15, 0.2) is 6.20 Å². The summed E-state index contributed by atoms with van der Waals surface area (Å²) >= 11 is 0. The summed E-state index contributed by atoms with van der Waals surface area (Å²) in [5.74, 6) is 2.00. The molecule has 1 fully saturated rings. The van der Waals surface area contributed by atoms with Gasteiger partial charge in [-0.1, -0.05) is 12.8 Å². The summed E-state index contributed by atoms with van der Waals surface area (Å²) in [4.78, 5) is 9.41. The first-order valence-electron chi connectivity index (χ1n) is 8.21. The lowest BCUT2D eigenvalue weighted by atomic mass is 10.1. The topological polar surface area (TPSA) is 93.0 Å². The first kappa shape index (κ1) is 17.1. The quantitative estimate of drug-likeness (QED) is 0.843. The van der Waals surface area contributed by atoms with Crippen LogP contribution in [0.2, 0.25) is 0 Å². The number of aryl methyl sites for hydroxylation is 1. The van der Waals surface area contributed by atoms with Crippen molar-refractivity contribution in [1.29, 1.82) is 0 Å². The van der Waals surface area contributed by atoms with Crippen molar-refractivity contribution in [2.24, 2.45) is 7.05 Å². The van der Waals surface area contributed by atoms with Crippen molar-refractivity contribution < 1.29 is 8.42 Å². The number of sulfonamides is 1. The van der Waals surface area contributed by atoms with Gasteiger partial charge in [-0.25, -0.2) is 22.7 Å². The van der Waals surface area contributed by atoms with Crippen molar-refractivity contribution in [3.05, 3.63) is 12.0 Å². The van der Waals surface area contributed by atoms with Gasteiger partial charge in [-0.05, 0) is 12.8 Å². The van der Waals surface area contributed by atoms with Crippen LogP contribution in [0, 0.1) is 0 Å². The fourth-order valence-electron chi connectivity index (χ4n) is 3.04. The standard InChI is InChI=1S/C15H24N6O2S/c1-20(24(3,22)23)9-8-16-14-12-10-17-21(2)15(12)19-13(18-14)11-6-4-5-7-11/h10-11H,4-9H2,1-3H3,(H,16,18,19). The maximum Gasteiger partial charge on any atom is 0.211 e. The average molecular weight is 352 g/mol. The molecule has 0 spiro atoms. The van der Waals surface area contributed by atoms with Crippen LogP contribution in [0.3, 0.4) is 0 Å². The van der Waals surface area contributed by atoms with Gasteiger partial charge in [0, 0.05) is 33.1 Å². The molecule has 0 saturated heterocycles. The number of hydrogen-bond donors (Lipinski definition) is 1. The molecule has 132 valence electrons.